The molecule has 1 saturated carbocycles. The van der Waals surface area contributed by atoms with Crippen LogP contribution in [0.4, 0.5) is 11.9 Å². The topological polar surface area (TPSA) is 80.0 Å². The molecule has 3 N–H and O–H groups in total. The molecule has 2 atom stereocenters. The Hall–Kier alpha value is -1.43. The van der Waals surface area contributed by atoms with E-state index < -0.39 is 0 Å². The molecule has 0 amide bonds. The van der Waals surface area contributed by atoms with E-state index in [1.54, 1.807) is 0 Å². The summed E-state index contributed by atoms with van der Waals surface area (Å²) in [6.45, 7) is 2.47. The molecule has 3 heterocycles. The summed E-state index contributed by atoms with van der Waals surface area (Å²) in [6, 6.07) is 1.23. The number of nitrogens with one attached hydrogen (secondary N) is 1. The van der Waals surface area contributed by atoms with Crippen LogP contribution in [0.2, 0.25) is 0 Å². The molecule has 0 bridgehead atoms. The minimum absolute atomic E-state index is 0.350. The van der Waals surface area contributed by atoms with Crippen molar-refractivity contribution < 1.29 is 0 Å². The second kappa shape index (κ2) is 4.84. The Labute approximate surface area is 119 Å². The van der Waals surface area contributed by atoms with E-state index in [1.165, 1.54) is 51.6 Å². The van der Waals surface area contributed by atoms with Crippen molar-refractivity contribution in [1.29, 1.82) is 0 Å². The predicted molar refractivity (Wildman–Crippen MR) is 77.5 cm³/mol. The molecule has 6 heteroatoms. The van der Waals surface area contributed by atoms with Crippen LogP contribution in [0.5, 0.6) is 0 Å². The van der Waals surface area contributed by atoms with Gasteiger partial charge in [0.2, 0.25) is 11.9 Å². The van der Waals surface area contributed by atoms with E-state index in [4.69, 9.17) is 5.73 Å². The van der Waals surface area contributed by atoms with Crippen molar-refractivity contribution in [3.63, 3.8) is 0 Å². The molecule has 2 aliphatic heterocycles. The van der Waals surface area contributed by atoms with Crippen molar-refractivity contribution in [1.82, 2.24) is 19.9 Å². The first kappa shape index (κ1) is 12.3. The molecule has 2 unspecified atom stereocenters. The Morgan fingerprint density at radius 2 is 1.95 bits per heavy atom. The van der Waals surface area contributed by atoms with Crippen LogP contribution in [0.25, 0.3) is 0 Å². The Morgan fingerprint density at radius 1 is 1.05 bits per heavy atom. The third-order valence-corrected chi connectivity index (χ3v) is 4.77. The van der Waals surface area contributed by atoms with Crippen LogP contribution in [-0.4, -0.2) is 45.0 Å². The summed E-state index contributed by atoms with van der Waals surface area (Å²) in [7, 11) is 0. The van der Waals surface area contributed by atoms with Gasteiger partial charge >= 0.3 is 0 Å². The maximum atomic E-state index is 5.81. The van der Waals surface area contributed by atoms with Crippen LogP contribution >= 0.6 is 0 Å². The zero-order valence-electron chi connectivity index (χ0n) is 11.8. The molecule has 108 valence electrons. The zero-order valence-corrected chi connectivity index (χ0v) is 11.8. The number of piperidine rings is 1. The van der Waals surface area contributed by atoms with Gasteiger partial charge in [-0.25, -0.2) is 0 Å². The van der Waals surface area contributed by atoms with Crippen LogP contribution in [0.3, 0.4) is 0 Å². The van der Waals surface area contributed by atoms with Crippen molar-refractivity contribution in [2.24, 2.45) is 0 Å². The smallest absolute Gasteiger partial charge is 0.227 e. The van der Waals surface area contributed by atoms with Crippen LogP contribution < -0.4 is 11.1 Å². The minimum Gasteiger partial charge on any atom is -0.368 e. The highest BCUT2D eigenvalue weighted by Crippen LogP contribution is 2.38. The van der Waals surface area contributed by atoms with Gasteiger partial charge in [0.15, 0.2) is 0 Å². The number of hydrogen-bond acceptors (Lipinski definition) is 6. The fraction of sp³-hybridized carbons (Fsp3) is 0.786. The highest BCUT2D eigenvalue weighted by molar-refractivity contribution is 5.33. The molecule has 0 spiro atoms. The van der Waals surface area contributed by atoms with Gasteiger partial charge in [-0.2, -0.15) is 15.0 Å². The van der Waals surface area contributed by atoms with E-state index in [0.29, 0.717) is 23.9 Å². The monoisotopic (exact) mass is 274 g/mol. The molecule has 4 rings (SSSR count). The van der Waals surface area contributed by atoms with Gasteiger partial charge in [0.1, 0.15) is 5.82 Å². The van der Waals surface area contributed by atoms with Crippen molar-refractivity contribution in [3.8, 4) is 0 Å². The lowest BCUT2D eigenvalue weighted by Crippen LogP contribution is -2.43. The zero-order chi connectivity index (χ0) is 13.5. The first-order valence-electron chi connectivity index (χ1n) is 7.80. The first-order chi connectivity index (χ1) is 9.78. The van der Waals surface area contributed by atoms with Crippen LogP contribution in [0, 0.1) is 0 Å². The van der Waals surface area contributed by atoms with Gasteiger partial charge < -0.3 is 16.0 Å². The average Bonchev–Trinajstić information content (AvgIpc) is 3.17. The molecule has 0 radical (unpaired) electrons. The second-order valence-electron chi connectivity index (χ2n) is 6.35. The number of nitrogen functional groups attached to an aromatic ring is 1. The summed E-state index contributed by atoms with van der Waals surface area (Å²) in [5.41, 5.74) is 5.81. The quantitative estimate of drug-likeness (QED) is 0.866. The average molecular weight is 274 g/mol. The van der Waals surface area contributed by atoms with Gasteiger partial charge in [0, 0.05) is 24.5 Å². The van der Waals surface area contributed by atoms with E-state index in [9.17, 15) is 0 Å². The summed E-state index contributed by atoms with van der Waals surface area (Å²) in [5.74, 6) is 2.41. The highest BCUT2D eigenvalue weighted by Gasteiger charge is 2.32. The summed E-state index contributed by atoms with van der Waals surface area (Å²) in [5, 5.41) is 3.49. The van der Waals surface area contributed by atoms with E-state index in [-0.39, 0.29) is 0 Å². The Bertz CT molecular complexity index is 500. The van der Waals surface area contributed by atoms with Gasteiger partial charge in [0.05, 0.1) is 0 Å². The fourth-order valence-corrected chi connectivity index (χ4v) is 3.54. The van der Waals surface area contributed by atoms with Crippen LogP contribution in [0.1, 0.15) is 50.3 Å². The van der Waals surface area contributed by atoms with Crippen molar-refractivity contribution in [3.05, 3.63) is 5.82 Å². The van der Waals surface area contributed by atoms with E-state index in [2.05, 4.69) is 25.2 Å². The fourth-order valence-electron chi connectivity index (χ4n) is 3.54. The molecular weight excluding hydrogens is 252 g/mol. The molecular formula is C14H22N6. The van der Waals surface area contributed by atoms with Gasteiger partial charge in [-0.05, 0) is 45.1 Å². The first-order valence-corrected chi connectivity index (χ1v) is 7.80. The normalized spacial score (nSPS) is 30.2. The van der Waals surface area contributed by atoms with Gasteiger partial charge in [-0.1, -0.05) is 0 Å². The molecule has 0 aromatic carbocycles. The number of anilines is 2. The second-order valence-corrected chi connectivity index (χ2v) is 6.35. The van der Waals surface area contributed by atoms with Crippen molar-refractivity contribution in [2.45, 2.75) is 56.5 Å². The molecule has 3 fully saturated rings. The lowest BCUT2D eigenvalue weighted by atomic mass is 9.98. The standard InChI is InChI=1S/C14H22N6/c15-13-17-12(9-3-4-9)18-14(19-13)16-10-5-7-20-6-1-2-11(20)8-10/h9-11H,1-8H2,(H3,15,16,17,18,19). The van der Waals surface area contributed by atoms with Crippen LogP contribution in [0.15, 0.2) is 0 Å². The van der Waals surface area contributed by atoms with Crippen molar-refractivity contribution in [2.75, 3.05) is 24.1 Å². The number of nitrogens with two attached hydrogens (primary N) is 1. The van der Waals surface area contributed by atoms with Crippen molar-refractivity contribution >= 4 is 11.9 Å². The third kappa shape index (κ3) is 2.44. The summed E-state index contributed by atoms with van der Waals surface area (Å²) in [4.78, 5) is 15.7. The summed E-state index contributed by atoms with van der Waals surface area (Å²) >= 11 is 0. The van der Waals surface area contributed by atoms with Crippen LogP contribution in [-0.2, 0) is 0 Å². The maximum absolute atomic E-state index is 5.81. The lowest BCUT2D eigenvalue weighted by Gasteiger charge is -2.35. The Kier molecular flexibility index (Phi) is 2.98. The lowest BCUT2D eigenvalue weighted by molar-refractivity contribution is 0.188. The largest absolute Gasteiger partial charge is 0.368 e. The Balaban J connectivity index is 1.45. The maximum Gasteiger partial charge on any atom is 0.227 e. The third-order valence-electron chi connectivity index (χ3n) is 4.77. The molecule has 1 aliphatic carbocycles. The SMILES string of the molecule is Nc1nc(NC2CCN3CCCC3C2)nc(C2CC2)n1. The number of fused-ring (bicyclic) bond motifs is 1. The molecule has 6 nitrogen and oxygen atoms in total. The molecule has 1 aromatic heterocycles. The number of rotatable bonds is 3. The minimum atomic E-state index is 0.350. The van der Waals surface area contributed by atoms with Gasteiger partial charge in [-0.3, -0.25) is 0 Å². The molecule has 1 aromatic rings. The molecule has 2 saturated heterocycles. The van der Waals surface area contributed by atoms with Gasteiger partial charge in [0.25, 0.3) is 0 Å². The number of aromatic nitrogens is 3. The Morgan fingerprint density at radius 3 is 2.80 bits per heavy atom. The summed E-state index contributed by atoms with van der Waals surface area (Å²) < 4.78 is 0. The number of nitrogens with zero attached hydrogens (tertiary/aromatic N) is 4. The van der Waals surface area contributed by atoms with E-state index in [1.807, 2.05) is 0 Å². The van der Waals surface area contributed by atoms with E-state index >= 15 is 0 Å². The predicted octanol–water partition coefficient (Wildman–Crippen LogP) is 1.37. The number of hydrogen-bond donors (Lipinski definition) is 2. The molecule has 3 aliphatic rings. The van der Waals surface area contributed by atoms with Gasteiger partial charge in [-0.15, -0.1) is 0 Å². The highest BCUT2D eigenvalue weighted by atomic mass is 15.2. The van der Waals surface area contributed by atoms with E-state index in [0.717, 1.165) is 11.9 Å². The molecule has 20 heavy (non-hydrogen) atoms. The summed E-state index contributed by atoms with van der Waals surface area (Å²) in [6.07, 6.45) is 7.42.